The Morgan fingerprint density at radius 2 is 1.32 bits per heavy atom. The van der Waals surface area contributed by atoms with Crippen LogP contribution in [0.3, 0.4) is 0 Å². The number of aromatic nitrogens is 1. The molecule has 4 heteroatoms. The molecule has 0 aliphatic carbocycles. The van der Waals surface area contributed by atoms with Gasteiger partial charge in [-0.05, 0) is 38.1 Å². The monoisotopic (exact) mass is 331 g/mol. The maximum Gasteiger partial charge on any atom is 0.345 e. The molecule has 0 saturated heterocycles. The fourth-order valence-electron chi connectivity index (χ4n) is 2.27. The van der Waals surface area contributed by atoms with Gasteiger partial charge in [0.15, 0.2) is 0 Å². The minimum absolute atomic E-state index is 0.182. The smallest absolute Gasteiger partial charge is 0.345 e. The highest BCUT2D eigenvalue weighted by Gasteiger charge is 2.13. The van der Waals surface area contributed by atoms with Crippen LogP contribution in [-0.2, 0) is 0 Å². The van der Waals surface area contributed by atoms with Gasteiger partial charge < -0.3 is 4.74 Å². The molecule has 0 atom stereocenters. The number of hydrogen-bond acceptors (Lipinski definition) is 4. The van der Waals surface area contributed by atoms with Crippen molar-refractivity contribution in [2.45, 2.75) is 13.8 Å². The zero-order chi connectivity index (χ0) is 17.8. The Bertz CT molecular complexity index is 895. The predicted octanol–water partition coefficient (Wildman–Crippen LogP) is 4.15. The number of pyridine rings is 1. The third-order valence-corrected chi connectivity index (χ3v) is 3.78. The van der Waals surface area contributed by atoms with Crippen molar-refractivity contribution < 1.29 is 14.3 Å². The van der Waals surface area contributed by atoms with E-state index in [0.717, 1.165) is 11.1 Å². The van der Waals surface area contributed by atoms with Crippen molar-refractivity contribution in [3.05, 3.63) is 94.8 Å². The molecule has 0 fully saturated rings. The first-order valence-electron chi connectivity index (χ1n) is 7.89. The molecule has 1 heterocycles. The Morgan fingerprint density at radius 1 is 0.760 bits per heavy atom. The highest BCUT2D eigenvalue weighted by molar-refractivity contribution is 6.08. The standard InChI is InChI=1S/C21H17NO3/c1-14-3-7-16(8-4-14)20(23)19-12-9-17(13-22-19)21(24)25-18-10-5-15(2)6-11-18/h3-13H,1-2H3. The van der Waals surface area contributed by atoms with Crippen molar-refractivity contribution in [3.63, 3.8) is 0 Å². The summed E-state index contributed by atoms with van der Waals surface area (Å²) in [5.74, 6) is -0.223. The van der Waals surface area contributed by atoms with Crippen LogP contribution in [0.15, 0.2) is 66.9 Å². The lowest BCUT2D eigenvalue weighted by atomic mass is 10.1. The van der Waals surface area contributed by atoms with E-state index in [-0.39, 0.29) is 11.5 Å². The molecule has 0 N–H and O–H groups in total. The van der Waals surface area contributed by atoms with E-state index in [0.29, 0.717) is 16.9 Å². The average molecular weight is 331 g/mol. The molecule has 0 aliphatic rings. The van der Waals surface area contributed by atoms with E-state index in [1.165, 1.54) is 12.3 Å². The molecule has 0 saturated carbocycles. The van der Waals surface area contributed by atoms with Crippen molar-refractivity contribution in [2.75, 3.05) is 0 Å². The summed E-state index contributed by atoms with van der Waals surface area (Å²) < 4.78 is 5.29. The zero-order valence-corrected chi connectivity index (χ0v) is 14.0. The first-order chi connectivity index (χ1) is 12.0. The van der Waals surface area contributed by atoms with Gasteiger partial charge in [0.05, 0.1) is 5.56 Å². The number of hydrogen-bond donors (Lipinski definition) is 0. The zero-order valence-electron chi connectivity index (χ0n) is 14.0. The molecule has 0 spiro atoms. The van der Waals surface area contributed by atoms with Gasteiger partial charge in [-0.2, -0.15) is 0 Å². The highest BCUT2D eigenvalue weighted by atomic mass is 16.5. The van der Waals surface area contributed by atoms with Gasteiger partial charge in [0.2, 0.25) is 5.78 Å². The fourth-order valence-corrected chi connectivity index (χ4v) is 2.27. The second-order valence-corrected chi connectivity index (χ2v) is 5.83. The molecule has 0 radical (unpaired) electrons. The van der Waals surface area contributed by atoms with E-state index in [1.807, 2.05) is 38.1 Å². The summed E-state index contributed by atoms with van der Waals surface area (Å²) in [7, 11) is 0. The van der Waals surface area contributed by atoms with Crippen LogP contribution in [0.5, 0.6) is 5.75 Å². The van der Waals surface area contributed by atoms with Crippen molar-refractivity contribution >= 4 is 11.8 Å². The summed E-state index contributed by atoms with van der Waals surface area (Å²) in [5.41, 5.74) is 3.31. The van der Waals surface area contributed by atoms with Gasteiger partial charge >= 0.3 is 5.97 Å². The molecule has 0 unspecified atom stereocenters. The molecule has 0 bridgehead atoms. The number of aryl methyl sites for hydroxylation is 2. The van der Waals surface area contributed by atoms with Gasteiger partial charge in [0.1, 0.15) is 11.4 Å². The lowest BCUT2D eigenvalue weighted by molar-refractivity contribution is 0.0733. The van der Waals surface area contributed by atoms with E-state index >= 15 is 0 Å². The van der Waals surface area contributed by atoms with Crippen LogP contribution < -0.4 is 4.74 Å². The molecule has 2 aromatic carbocycles. The van der Waals surface area contributed by atoms with Crippen LogP contribution in [-0.4, -0.2) is 16.7 Å². The lowest BCUT2D eigenvalue weighted by Gasteiger charge is -2.05. The summed E-state index contributed by atoms with van der Waals surface area (Å²) in [6.45, 7) is 3.92. The van der Waals surface area contributed by atoms with Gasteiger partial charge in [-0.15, -0.1) is 0 Å². The summed E-state index contributed by atoms with van der Waals surface area (Å²) in [4.78, 5) is 28.6. The third-order valence-electron chi connectivity index (χ3n) is 3.78. The number of benzene rings is 2. The Kier molecular flexibility index (Phi) is 4.70. The van der Waals surface area contributed by atoms with Gasteiger partial charge in [-0.1, -0.05) is 47.5 Å². The van der Waals surface area contributed by atoms with Crippen LogP contribution >= 0.6 is 0 Å². The molecule has 4 nitrogen and oxygen atoms in total. The topological polar surface area (TPSA) is 56.3 Å². The average Bonchev–Trinajstić information content (AvgIpc) is 2.64. The van der Waals surface area contributed by atoms with E-state index in [2.05, 4.69) is 4.98 Å². The number of esters is 1. The summed E-state index contributed by atoms with van der Waals surface area (Å²) in [5, 5.41) is 0. The van der Waals surface area contributed by atoms with Gasteiger partial charge in [-0.3, -0.25) is 9.78 Å². The van der Waals surface area contributed by atoms with Crippen molar-refractivity contribution in [2.24, 2.45) is 0 Å². The molecule has 0 aliphatic heterocycles. The lowest BCUT2D eigenvalue weighted by Crippen LogP contribution is -2.10. The largest absolute Gasteiger partial charge is 0.423 e. The molecule has 0 amide bonds. The molecular formula is C21H17NO3. The van der Waals surface area contributed by atoms with E-state index in [4.69, 9.17) is 4.74 Å². The number of nitrogens with zero attached hydrogens (tertiary/aromatic N) is 1. The third kappa shape index (κ3) is 3.98. The highest BCUT2D eigenvalue weighted by Crippen LogP contribution is 2.15. The van der Waals surface area contributed by atoms with Crippen molar-refractivity contribution in [1.29, 1.82) is 0 Å². The molecular weight excluding hydrogens is 314 g/mol. The Balaban J connectivity index is 1.73. The number of ether oxygens (including phenoxy) is 1. The summed E-state index contributed by atoms with van der Waals surface area (Å²) in [6, 6.07) is 17.6. The van der Waals surface area contributed by atoms with Crippen molar-refractivity contribution in [1.82, 2.24) is 4.98 Å². The molecule has 25 heavy (non-hydrogen) atoms. The summed E-state index contributed by atoms with van der Waals surface area (Å²) in [6.07, 6.45) is 1.36. The fraction of sp³-hybridized carbons (Fsp3) is 0.0952. The van der Waals surface area contributed by atoms with Crippen molar-refractivity contribution in [3.8, 4) is 5.75 Å². The van der Waals surface area contributed by atoms with Crippen LogP contribution in [0.4, 0.5) is 0 Å². The van der Waals surface area contributed by atoms with E-state index in [9.17, 15) is 9.59 Å². The number of ketones is 1. The Labute approximate surface area is 146 Å². The number of carbonyl (C=O) groups excluding carboxylic acids is 2. The maximum absolute atomic E-state index is 12.4. The molecule has 3 rings (SSSR count). The minimum Gasteiger partial charge on any atom is -0.423 e. The molecule has 3 aromatic rings. The van der Waals surface area contributed by atoms with Crippen LogP contribution in [0.1, 0.15) is 37.5 Å². The SMILES string of the molecule is Cc1ccc(OC(=O)c2ccc(C(=O)c3ccc(C)cc3)nc2)cc1. The van der Waals surface area contributed by atoms with Crippen LogP contribution in [0.25, 0.3) is 0 Å². The van der Waals surface area contributed by atoms with E-state index in [1.54, 1.807) is 30.3 Å². The Hall–Kier alpha value is -3.27. The van der Waals surface area contributed by atoms with Crippen LogP contribution in [0.2, 0.25) is 0 Å². The van der Waals surface area contributed by atoms with Crippen LogP contribution in [0, 0.1) is 13.8 Å². The van der Waals surface area contributed by atoms with Gasteiger partial charge in [0.25, 0.3) is 0 Å². The number of carbonyl (C=O) groups is 2. The summed E-state index contributed by atoms with van der Waals surface area (Å²) >= 11 is 0. The van der Waals surface area contributed by atoms with Gasteiger partial charge in [0, 0.05) is 11.8 Å². The van der Waals surface area contributed by atoms with Gasteiger partial charge in [-0.25, -0.2) is 4.79 Å². The quantitative estimate of drug-likeness (QED) is 0.409. The number of rotatable bonds is 4. The second kappa shape index (κ2) is 7.09. The molecule has 124 valence electrons. The predicted molar refractivity (Wildman–Crippen MR) is 95.0 cm³/mol. The Morgan fingerprint density at radius 3 is 1.88 bits per heavy atom. The molecule has 1 aromatic heterocycles. The first-order valence-corrected chi connectivity index (χ1v) is 7.89. The first kappa shape index (κ1) is 16.6. The normalized spacial score (nSPS) is 10.3. The maximum atomic E-state index is 12.4. The van der Waals surface area contributed by atoms with E-state index < -0.39 is 5.97 Å². The second-order valence-electron chi connectivity index (χ2n) is 5.83. The minimum atomic E-state index is -0.509.